The van der Waals surface area contributed by atoms with Crippen LogP contribution in [0.3, 0.4) is 0 Å². The van der Waals surface area contributed by atoms with Crippen molar-refractivity contribution in [2.75, 3.05) is 6.61 Å². The van der Waals surface area contributed by atoms with Gasteiger partial charge in [0.05, 0.1) is 11.7 Å². The van der Waals surface area contributed by atoms with E-state index in [1.54, 1.807) is 0 Å². The monoisotopic (exact) mass is 202 g/mol. The topological polar surface area (TPSA) is 29.5 Å². The van der Waals surface area contributed by atoms with Gasteiger partial charge in [-0.25, -0.2) is 0 Å². The quantitative estimate of drug-likeness (QED) is 0.613. The summed E-state index contributed by atoms with van der Waals surface area (Å²) in [6, 6.07) is 0. The highest BCUT2D eigenvalue weighted by atomic mass is 16.5. The summed E-state index contributed by atoms with van der Waals surface area (Å²) in [5.41, 5.74) is -0.345. The Morgan fingerprint density at radius 1 is 1.21 bits per heavy atom. The lowest BCUT2D eigenvalue weighted by Gasteiger charge is -2.33. The molecule has 2 atom stereocenters. The van der Waals surface area contributed by atoms with Crippen molar-refractivity contribution < 1.29 is 9.84 Å². The normalized spacial score (nSPS) is 17.8. The van der Waals surface area contributed by atoms with Gasteiger partial charge in [0, 0.05) is 6.61 Å². The van der Waals surface area contributed by atoms with E-state index in [2.05, 4.69) is 13.8 Å². The number of aliphatic hydroxyl groups is 1. The van der Waals surface area contributed by atoms with Gasteiger partial charge in [-0.1, -0.05) is 33.1 Å². The lowest BCUT2D eigenvalue weighted by atomic mass is 9.91. The van der Waals surface area contributed by atoms with Gasteiger partial charge >= 0.3 is 0 Å². The number of hydrogen-bond acceptors (Lipinski definition) is 2. The maximum absolute atomic E-state index is 10.0. The molecule has 0 aromatic carbocycles. The minimum absolute atomic E-state index is 0.320. The zero-order valence-corrected chi connectivity index (χ0v) is 10.2. The molecule has 2 heteroatoms. The summed E-state index contributed by atoms with van der Waals surface area (Å²) in [6.07, 6.45) is 4.90. The molecule has 14 heavy (non-hydrogen) atoms. The van der Waals surface area contributed by atoms with Crippen LogP contribution in [0.2, 0.25) is 0 Å². The molecule has 0 aliphatic carbocycles. The summed E-state index contributed by atoms with van der Waals surface area (Å²) in [6.45, 7) is 8.90. The molecule has 0 aliphatic rings. The first-order valence-electron chi connectivity index (χ1n) is 5.92. The summed E-state index contributed by atoms with van der Waals surface area (Å²) < 4.78 is 5.62. The van der Waals surface area contributed by atoms with E-state index in [1.807, 2.05) is 13.8 Å². The van der Waals surface area contributed by atoms with Crippen molar-refractivity contribution in [1.82, 2.24) is 0 Å². The van der Waals surface area contributed by atoms with Gasteiger partial charge in [0.25, 0.3) is 0 Å². The molecule has 2 unspecified atom stereocenters. The number of unbranched alkanes of at least 4 members (excludes halogenated alkanes) is 2. The molecule has 0 bridgehead atoms. The number of aliphatic hydroxyl groups excluding tert-OH is 1. The molecule has 0 spiro atoms. The molecule has 0 saturated heterocycles. The van der Waals surface area contributed by atoms with Crippen LogP contribution < -0.4 is 0 Å². The molecule has 0 amide bonds. The molecule has 0 fully saturated rings. The largest absolute Gasteiger partial charge is 0.390 e. The third kappa shape index (κ3) is 4.43. The van der Waals surface area contributed by atoms with E-state index >= 15 is 0 Å². The Morgan fingerprint density at radius 2 is 1.86 bits per heavy atom. The fraction of sp³-hybridized carbons (Fsp3) is 1.00. The van der Waals surface area contributed by atoms with E-state index in [9.17, 15) is 5.11 Å². The van der Waals surface area contributed by atoms with Crippen LogP contribution in [0.25, 0.3) is 0 Å². The van der Waals surface area contributed by atoms with Crippen molar-refractivity contribution in [3.63, 3.8) is 0 Å². The second-order valence-corrected chi connectivity index (χ2v) is 4.11. The first-order chi connectivity index (χ1) is 6.60. The van der Waals surface area contributed by atoms with Gasteiger partial charge in [-0.2, -0.15) is 0 Å². The van der Waals surface area contributed by atoms with Gasteiger partial charge in [-0.3, -0.25) is 0 Å². The molecule has 0 rings (SSSR count). The Hall–Kier alpha value is -0.0800. The van der Waals surface area contributed by atoms with E-state index in [0.29, 0.717) is 6.61 Å². The predicted molar refractivity (Wildman–Crippen MR) is 60.5 cm³/mol. The maximum Gasteiger partial charge on any atom is 0.0909 e. The van der Waals surface area contributed by atoms with E-state index < -0.39 is 0 Å². The minimum atomic E-state index is -0.345. The van der Waals surface area contributed by atoms with E-state index in [0.717, 1.165) is 19.3 Å². The van der Waals surface area contributed by atoms with E-state index in [1.165, 1.54) is 12.8 Å². The van der Waals surface area contributed by atoms with Crippen LogP contribution in [0.15, 0.2) is 0 Å². The molecular formula is C12H26O2. The Balaban J connectivity index is 3.95. The molecule has 0 aliphatic heterocycles. The zero-order valence-electron chi connectivity index (χ0n) is 10.2. The van der Waals surface area contributed by atoms with Crippen LogP contribution in [0.1, 0.15) is 59.8 Å². The lowest BCUT2D eigenvalue weighted by Crippen LogP contribution is -2.41. The molecule has 2 nitrogen and oxygen atoms in total. The molecule has 0 saturated carbocycles. The Kier molecular flexibility index (Phi) is 7.20. The average molecular weight is 202 g/mol. The lowest BCUT2D eigenvalue weighted by molar-refractivity contribution is -0.113. The standard InChI is InChI=1S/C12H26O2/c1-5-8-9-10-11(13)12(4,6-2)14-7-3/h11,13H,5-10H2,1-4H3. The molecule has 0 heterocycles. The third-order valence-corrected chi connectivity index (χ3v) is 2.96. The van der Waals surface area contributed by atoms with E-state index in [4.69, 9.17) is 4.74 Å². The Morgan fingerprint density at radius 3 is 2.29 bits per heavy atom. The third-order valence-electron chi connectivity index (χ3n) is 2.96. The number of ether oxygens (including phenoxy) is 1. The summed E-state index contributed by atoms with van der Waals surface area (Å²) >= 11 is 0. The average Bonchev–Trinajstić information content (AvgIpc) is 2.18. The van der Waals surface area contributed by atoms with E-state index in [-0.39, 0.29) is 11.7 Å². The van der Waals surface area contributed by atoms with Crippen LogP contribution in [0.4, 0.5) is 0 Å². The van der Waals surface area contributed by atoms with Crippen molar-refractivity contribution in [3.05, 3.63) is 0 Å². The van der Waals surface area contributed by atoms with Crippen LogP contribution in [0.5, 0.6) is 0 Å². The zero-order chi connectivity index (χ0) is 11.0. The minimum Gasteiger partial charge on any atom is -0.390 e. The van der Waals surface area contributed by atoms with Gasteiger partial charge in [-0.05, 0) is 26.7 Å². The first kappa shape index (κ1) is 13.9. The summed E-state index contributed by atoms with van der Waals surface area (Å²) in [5.74, 6) is 0. The number of hydrogen-bond donors (Lipinski definition) is 1. The molecule has 0 aromatic rings. The predicted octanol–water partition coefficient (Wildman–Crippen LogP) is 3.13. The van der Waals surface area contributed by atoms with Gasteiger partial charge in [-0.15, -0.1) is 0 Å². The highest BCUT2D eigenvalue weighted by Crippen LogP contribution is 2.23. The second-order valence-electron chi connectivity index (χ2n) is 4.11. The van der Waals surface area contributed by atoms with Crippen molar-refractivity contribution in [2.24, 2.45) is 0 Å². The molecule has 0 aromatic heterocycles. The fourth-order valence-corrected chi connectivity index (χ4v) is 1.66. The van der Waals surface area contributed by atoms with Crippen LogP contribution in [-0.4, -0.2) is 23.4 Å². The van der Waals surface area contributed by atoms with Gasteiger partial charge in [0.1, 0.15) is 0 Å². The van der Waals surface area contributed by atoms with Crippen molar-refractivity contribution >= 4 is 0 Å². The second kappa shape index (κ2) is 7.24. The Labute approximate surface area is 88.7 Å². The van der Waals surface area contributed by atoms with Gasteiger partial charge in [0.15, 0.2) is 0 Å². The van der Waals surface area contributed by atoms with Crippen LogP contribution in [0, 0.1) is 0 Å². The van der Waals surface area contributed by atoms with Crippen LogP contribution >= 0.6 is 0 Å². The fourth-order valence-electron chi connectivity index (χ4n) is 1.66. The maximum atomic E-state index is 10.0. The van der Waals surface area contributed by atoms with Gasteiger partial charge in [0.2, 0.25) is 0 Å². The van der Waals surface area contributed by atoms with Crippen LogP contribution in [-0.2, 0) is 4.74 Å². The summed E-state index contributed by atoms with van der Waals surface area (Å²) in [5, 5.41) is 10.0. The molecule has 86 valence electrons. The summed E-state index contributed by atoms with van der Waals surface area (Å²) in [4.78, 5) is 0. The van der Waals surface area contributed by atoms with Crippen molar-refractivity contribution in [1.29, 1.82) is 0 Å². The molecular weight excluding hydrogens is 176 g/mol. The number of rotatable bonds is 8. The van der Waals surface area contributed by atoms with Crippen molar-refractivity contribution in [3.8, 4) is 0 Å². The smallest absolute Gasteiger partial charge is 0.0909 e. The SMILES string of the molecule is CCCCCC(O)C(C)(CC)OCC. The van der Waals surface area contributed by atoms with Gasteiger partial charge < -0.3 is 9.84 Å². The summed E-state index contributed by atoms with van der Waals surface area (Å²) in [7, 11) is 0. The first-order valence-corrected chi connectivity index (χ1v) is 5.92. The Bertz CT molecular complexity index is 136. The van der Waals surface area contributed by atoms with Crippen molar-refractivity contribution in [2.45, 2.75) is 71.5 Å². The highest BCUT2D eigenvalue weighted by molar-refractivity contribution is 4.82. The molecule has 1 N–H and O–H groups in total. The molecule has 0 radical (unpaired) electrons. The highest BCUT2D eigenvalue weighted by Gasteiger charge is 2.30.